The predicted molar refractivity (Wildman–Crippen MR) is 40.7 cm³/mol. The standard InChI is InChI=1S/C4H7B2N3O2/c5-8-3(10)1-7-2-4(11)9-6/h7H,1-2H2,(H,8,10)(H,9,11). The van der Waals surface area contributed by atoms with Gasteiger partial charge in [-0.1, -0.05) is 0 Å². The van der Waals surface area contributed by atoms with Gasteiger partial charge in [-0.2, -0.15) is 0 Å². The van der Waals surface area contributed by atoms with E-state index in [9.17, 15) is 9.59 Å². The first-order valence-electron chi connectivity index (χ1n) is 2.90. The van der Waals surface area contributed by atoms with Gasteiger partial charge in [0.25, 0.3) is 0 Å². The average Bonchev–Trinajstić information content (AvgIpc) is 2.04. The molecule has 0 spiro atoms. The molecular weight excluding hydrogens is 144 g/mol. The van der Waals surface area contributed by atoms with Crippen molar-refractivity contribution in [3.63, 3.8) is 0 Å². The van der Waals surface area contributed by atoms with E-state index in [0.29, 0.717) is 0 Å². The van der Waals surface area contributed by atoms with Crippen LogP contribution < -0.4 is 15.8 Å². The first kappa shape index (κ1) is 10.0. The molecule has 0 saturated carbocycles. The first-order valence-corrected chi connectivity index (χ1v) is 2.90. The molecule has 0 saturated heterocycles. The minimum atomic E-state index is -0.394. The molecule has 0 aliphatic heterocycles. The van der Waals surface area contributed by atoms with E-state index in [2.05, 4.69) is 5.32 Å². The van der Waals surface area contributed by atoms with E-state index in [0.717, 1.165) is 0 Å². The molecule has 2 amide bonds. The fourth-order valence-corrected chi connectivity index (χ4v) is 0.392. The van der Waals surface area contributed by atoms with Crippen molar-refractivity contribution in [2.75, 3.05) is 13.1 Å². The van der Waals surface area contributed by atoms with Crippen molar-refractivity contribution < 1.29 is 9.59 Å². The maximum Gasteiger partial charge on any atom is 0.226 e. The van der Waals surface area contributed by atoms with E-state index in [1.165, 1.54) is 0 Å². The molecule has 0 bridgehead atoms. The Morgan fingerprint density at radius 2 is 1.36 bits per heavy atom. The van der Waals surface area contributed by atoms with E-state index in [1.807, 2.05) is 10.5 Å². The second-order valence-corrected chi connectivity index (χ2v) is 1.74. The molecule has 0 fully saturated rings. The third-order valence-electron chi connectivity index (χ3n) is 0.893. The molecule has 0 aromatic rings. The van der Waals surface area contributed by atoms with Gasteiger partial charge in [0, 0.05) is 0 Å². The third-order valence-corrected chi connectivity index (χ3v) is 0.893. The van der Waals surface area contributed by atoms with Crippen molar-refractivity contribution in [1.82, 2.24) is 15.8 Å². The van der Waals surface area contributed by atoms with Gasteiger partial charge < -0.3 is 10.5 Å². The third kappa shape index (κ3) is 5.47. The normalized spacial score (nSPS) is 8.73. The Balaban J connectivity index is 3.27. The summed E-state index contributed by atoms with van der Waals surface area (Å²) in [4.78, 5) is 20.8. The summed E-state index contributed by atoms with van der Waals surface area (Å²) >= 11 is 0. The number of carbonyl (C=O) groups is 2. The minimum Gasteiger partial charge on any atom is -0.408 e. The summed E-state index contributed by atoms with van der Waals surface area (Å²) < 4.78 is 0. The molecule has 7 heteroatoms. The van der Waals surface area contributed by atoms with Gasteiger partial charge in [-0.25, -0.2) is 0 Å². The van der Waals surface area contributed by atoms with Crippen molar-refractivity contribution >= 4 is 27.8 Å². The van der Waals surface area contributed by atoms with E-state index < -0.39 is 11.8 Å². The zero-order valence-corrected chi connectivity index (χ0v) is 5.89. The predicted octanol–water partition coefficient (Wildman–Crippen LogP) is -3.02. The monoisotopic (exact) mass is 151 g/mol. The van der Waals surface area contributed by atoms with Gasteiger partial charge in [0.05, 0.1) is 13.1 Å². The van der Waals surface area contributed by atoms with Gasteiger partial charge in [0.15, 0.2) is 0 Å². The largest absolute Gasteiger partial charge is 0.408 e. The van der Waals surface area contributed by atoms with Crippen LogP contribution in [0.3, 0.4) is 0 Å². The Morgan fingerprint density at radius 1 is 1.00 bits per heavy atom. The lowest BCUT2D eigenvalue weighted by Crippen LogP contribution is -2.38. The van der Waals surface area contributed by atoms with Crippen molar-refractivity contribution in [2.45, 2.75) is 0 Å². The Labute approximate surface area is 67.2 Å². The summed E-state index contributed by atoms with van der Waals surface area (Å²) in [6.45, 7) is -0.0200. The quantitative estimate of drug-likeness (QED) is 0.374. The van der Waals surface area contributed by atoms with Crippen LogP contribution >= 0.6 is 0 Å². The van der Waals surface area contributed by atoms with E-state index in [4.69, 9.17) is 16.0 Å². The van der Waals surface area contributed by atoms with Gasteiger partial charge in [-0.05, 0) is 0 Å². The zero-order chi connectivity index (χ0) is 8.69. The van der Waals surface area contributed by atoms with Crippen LogP contribution in [0.25, 0.3) is 0 Å². The number of rotatable bonds is 4. The highest BCUT2D eigenvalue weighted by atomic mass is 16.2. The SMILES string of the molecule is [B]NC(=O)CNCC(=O)N[B]. The minimum absolute atomic E-state index is 0.0100. The van der Waals surface area contributed by atoms with Crippen molar-refractivity contribution in [1.29, 1.82) is 0 Å². The smallest absolute Gasteiger partial charge is 0.226 e. The van der Waals surface area contributed by atoms with Crippen molar-refractivity contribution in [3.8, 4) is 0 Å². The van der Waals surface area contributed by atoms with Gasteiger partial charge in [-0.3, -0.25) is 14.9 Å². The summed E-state index contributed by atoms with van der Waals surface area (Å²) in [5.41, 5.74) is 0. The van der Waals surface area contributed by atoms with E-state index in [1.54, 1.807) is 0 Å². The Hall–Kier alpha value is -0.970. The summed E-state index contributed by atoms with van der Waals surface area (Å²) in [5.74, 6) is -0.787. The Morgan fingerprint density at radius 3 is 1.64 bits per heavy atom. The Kier molecular flexibility index (Phi) is 5.28. The van der Waals surface area contributed by atoms with Crippen LogP contribution in [0.5, 0.6) is 0 Å². The highest BCUT2D eigenvalue weighted by Gasteiger charge is 1.98. The molecule has 3 N–H and O–H groups in total. The Bertz CT molecular complexity index is 136. The molecular formula is C4H7B2N3O2. The first-order chi connectivity index (χ1) is 5.20. The van der Waals surface area contributed by atoms with Gasteiger partial charge in [0.1, 0.15) is 0 Å². The van der Waals surface area contributed by atoms with Crippen molar-refractivity contribution in [3.05, 3.63) is 0 Å². The highest BCUT2D eigenvalue weighted by molar-refractivity contribution is 6.15. The fraction of sp³-hybridized carbons (Fsp3) is 0.500. The number of hydrogen-bond acceptors (Lipinski definition) is 3. The molecule has 0 atom stereocenters. The molecule has 56 valence electrons. The van der Waals surface area contributed by atoms with Gasteiger partial charge in [-0.15, -0.1) is 0 Å². The molecule has 0 unspecified atom stereocenters. The van der Waals surface area contributed by atoms with Crippen LogP contribution in [0.2, 0.25) is 0 Å². The second-order valence-electron chi connectivity index (χ2n) is 1.74. The van der Waals surface area contributed by atoms with Gasteiger partial charge >= 0.3 is 0 Å². The topological polar surface area (TPSA) is 70.2 Å². The van der Waals surface area contributed by atoms with E-state index >= 15 is 0 Å². The van der Waals surface area contributed by atoms with Crippen LogP contribution in [-0.4, -0.2) is 40.9 Å². The molecule has 5 nitrogen and oxygen atoms in total. The van der Waals surface area contributed by atoms with Crippen LogP contribution in [0, 0.1) is 0 Å². The number of hydrogen-bond donors (Lipinski definition) is 3. The van der Waals surface area contributed by atoms with Crippen LogP contribution in [-0.2, 0) is 9.59 Å². The summed E-state index contributed by atoms with van der Waals surface area (Å²) in [7, 11) is 9.51. The molecule has 4 radical (unpaired) electrons. The molecule has 0 aromatic heterocycles. The zero-order valence-electron chi connectivity index (χ0n) is 5.89. The summed E-state index contributed by atoms with van der Waals surface area (Å²) in [6.07, 6.45) is 0. The summed E-state index contributed by atoms with van der Waals surface area (Å²) in [6, 6.07) is 0. The lowest BCUT2D eigenvalue weighted by molar-refractivity contribution is -0.119. The number of amides is 2. The molecule has 0 aliphatic carbocycles. The summed E-state index contributed by atoms with van der Waals surface area (Å²) in [5, 5.41) is 6.29. The number of nitrogens with one attached hydrogen (secondary N) is 3. The second kappa shape index (κ2) is 5.79. The van der Waals surface area contributed by atoms with E-state index in [-0.39, 0.29) is 13.1 Å². The maximum atomic E-state index is 10.4. The maximum absolute atomic E-state index is 10.4. The molecule has 0 rings (SSSR count). The molecule has 0 aliphatic rings. The van der Waals surface area contributed by atoms with Crippen LogP contribution in [0.15, 0.2) is 0 Å². The molecule has 0 heterocycles. The van der Waals surface area contributed by atoms with Crippen LogP contribution in [0.4, 0.5) is 0 Å². The fourth-order valence-electron chi connectivity index (χ4n) is 0.392. The van der Waals surface area contributed by atoms with Crippen LogP contribution in [0.1, 0.15) is 0 Å². The lowest BCUT2D eigenvalue weighted by atomic mass is 10.4. The molecule has 11 heavy (non-hydrogen) atoms. The van der Waals surface area contributed by atoms with Crippen molar-refractivity contribution in [2.24, 2.45) is 0 Å². The molecule has 0 aromatic carbocycles. The van der Waals surface area contributed by atoms with Gasteiger partial charge in [0.2, 0.25) is 27.8 Å². The average molecular weight is 151 g/mol. The lowest BCUT2D eigenvalue weighted by Gasteiger charge is -2.01. The highest BCUT2D eigenvalue weighted by Crippen LogP contribution is 1.62. The number of carbonyl (C=O) groups excluding carboxylic acids is 2.